The zero-order valence-corrected chi connectivity index (χ0v) is 25.0. The lowest BCUT2D eigenvalue weighted by Gasteiger charge is -2.17. The summed E-state index contributed by atoms with van der Waals surface area (Å²) in [7, 11) is -2.46. The fourth-order valence-electron chi connectivity index (χ4n) is 5.34. The van der Waals surface area contributed by atoms with E-state index >= 15 is 0 Å². The highest BCUT2D eigenvalue weighted by molar-refractivity contribution is 7.90. The number of hydrogen-bond donors (Lipinski definition) is 3. The molecule has 0 heterocycles. The number of carbonyl (C=O) groups is 2. The molecule has 11 heteroatoms. The molecule has 0 aromatic heterocycles. The monoisotopic (exact) mass is 592 g/mol. The largest absolute Gasteiger partial charge is 0.496 e. The van der Waals surface area contributed by atoms with E-state index in [1.54, 1.807) is 26.8 Å². The molecule has 1 amide bonds. The molecule has 0 saturated carbocycles. The Balaban J connectivity index is 1.28. The van der Waals surface area contributed by atoms with Crippen LogP contribution in [0.2, 0.25) is 0 Å². The van der Waals surface area contributed by atoms with Gasteiger partial charge in [-0.1, -0.05) is 48.5 Å². The Hall–Kier alpha value is -4.38. The van der Waals surface area contributed by atoms with Gasteiger partial charge in [0, 0.05) is 12.5 Å². The maximum absolute atomic E-state index is 13.0. The van der Waals surface area contributed by atoms with Gasteiger partial charge < -0.3 is 25.3 Å². The van der Waals surface area contributed by atoms with Crippen LogP contribution in [0, 0.1) is 20.8 Å². The van der Waals surface area contributed by atoms with E-state index in [0.29, 0.717) is 35.1 Å². The standard InChI is InChI=1S/C31H36N4O6S/c1-19-16-28(40-4)20(2)21(3)29(19)42(38,39)35-30(32)33-15-9-10-22(17-36)34-31(37)41-18-27-25-13-7-5-11-23(25)24-12-6-8-14-26(24)27/h5-8,11-14,16-17,22,27H,9-10,15,18H2,1-4H3,(H,34,37)(H3,32,33,35). The van der Waals surface area contributed by atoms with E-state index in [-0.39, 0.29) is 36.3 Å². The fraction of sp³-hybridized carbons (Fsp3) is 0.323. The molecule has 0 bridgehead atoms. The highest BCUT2D eigenvalue weighted by Gasteiger charge is 2.29. The van der Waals surface area contributed by atoms with Crippen molar-refractivity contribution in [3.63, 3.8) is 0 Å². The lowest BCUT2D eigenvalue weighted by atomic mass is 9.98. The molecule has 0 spiro atoms. The molecule has 42 heavy (non-hydrogen) atoms. The van der Waals surface area contributed by atoms with Crippen LogP contribution in [0.3, 0.4) is 0 Å². The number of alkyl carbamates (subject to hydrolysis) is 1. The summed E-state index contributed by atoms with van der Waals surface area (Å²) in [6.45, 7) is 5.45. The smallest absolute Gasteiger partial charge is 0.407 e. The minimum absolute atomic E-state index is 0.0895. The van der Waals surface area contributed by atoms with Gasteiger partial charge in [-0.05, 0) is 78.6 Å². The first-order valence-electron chi connectivity index (χ1n) is 13.6. The average molecular weight is 593 g/mol. The van der Waals surface area contributed by atoms with E-state index in [0.717, 1.165) is 22.3 Å². The molecule has 1 aliphatic rings. The molecule has 222 valence electrons. The van der Waals surface area contributed by atoms with Crippen LogP contribution in [-0.4, -0.2) is 53.1 Å². The van der Waals surface area contributed by atoms with Gasteiger partial charge >= 0.3 is 6.09 Å². The summed E-state index contributed by atoms with van der Waals surface area (Å²) < 4.78 is 39.2. The summed E-state index contributed by atoms with van der Waals surface area (Å²) in [5, 5.41) is 2.58. The Kier molecular flexibility index (Phi) is 9.52. The van der Waals surface area contributed by atoms with E-state index < -0.39 is 22.2 Å². The first-order valence-corrected chi connectivity index (χ1v) is 15.1. The molecule has 1 atom stereocenters. The van der Waals surface area contributed by atoms with Gasteiger partial charge in [-0.15, -0.1) is 0 Å². The third kappa shape index (κ3) is 6.57. The van der Waals surface area contributed by atoms with Gasteiger partial charge in [-0.3, -0.25) is 4.99 Å². The normalized spacial score (nSPS) is 13.6. The number of sulfonamides is 1. The number of guanidine groups is 1. The quantitative estimate of drug-likeness (QED) is 0.131. The van der Waals surface area contributed by atoms with E-state index in [1.807, 2.05) is 36.4 Å². The topological polar surface area (TPSA) is 149 Å². The summed E-state index contributed by atoms with van der Waals surface area (Å²) in [6, 6.07) is 16.9. The predicted octanol–water partition coefficient (Wildman–Crippen LogP) is 4.10. The number of fused-ring (bicyclic) bond motifs is 3. The number of amides is 1. The van der Waals surface area contributed by atoms with Crippen molar-refractivity contribution in [2.24, 2.45) is 10.7 Å². The molecule has 0 fully saturated rings. The van der Waals surface area contributed by atoms with Crippen molar-refractivity contribution >= 4 is 28.4 Å². The van der Waals surface area contributed by atoms with Crippen LogP contribution in [0.1, 0.15) is 46.6 Å². The molecule has 0 saturated heterocycles. The van der Waals surface area contributed by atoms with Crippen molar-refractivity contribution in [3.8, 4) is 16.9 Å². The van der Waals surface area contributed by atoms with Crippen molar-refractivity contribution in [2.75, 3.05) is 20.3 Å². The number of nitrogens with zero attached hydrogens (tertiary/aromatic N) is 1. The summed E-state index contributed by atoms with van der Waals surface area (Å²) in [4.78, 5) is 28.3. The molecule has 4 N–H and O–H groups in total. The summed E-state index contributed by atoms with van der Waals surface area (Å²) in [5.74, 6) is 0.241. The number of nitrogens with one attached hydrogen (secondary N) is 2. The fourth-order valence-corrected chi connectivity index (χ4v) is 6.83. The number of carbonyl (C=O) groups excluding carboxylic acids is 2. The van der Waals surface area contributed by atoms with Gasteiger partial charge in [0.15, 0.2) is 0 Å². The average Bonchev–Trinajstić information content (AvgIpc) is 3.28. The summed E-state index contributed by atoms with van der Waals surface area (Å²) in [6.07, 6.45) is 0.585. The number of aryl methyl sites for hydroxylation is 1. The van der Waals surface area contributed by atoms with E-state index in [9.17, 15) is 18.0 Å². The first kappa shape index (κ1) is 30.6. The number of aldehydes is 1. The Morgan fingerprint density at radius 2 is 1.67 bits per heavy atom. The Morgan fingerprint density at radius 3 is 2.26 bits per heavy atom. The molecule has 0 aliphatic heterocycles. The van der Waals surface area contributed by atoms with Crippen molar-refractivity contribution in [2.45, 2.75) is 50.5 Å². The van der Waals surface area contributed by atoms with Crippen molar-refractivity contribution in [1.82, 2.24) is 10.0 Å². The minimum atomic E-state index is -3.98. The van der Waals surface area contributed by atoms with Gasteiger partial charge in [0.25, 0.3) is 10.0 Å². The van der Waals surface area contributed by atoms with Gasteiger partial charge in [-0.25, -0.2) is 17.9 Å². The molecule has 0 radical (unpaired) electrons. The van der Waals surface area contributed by atoms with E-state index in [4.69, 9.17) is 15.2 Å². The zero-order chi connectivity index (χ0) is 30.4. The number of ether oxygens (including phenoxy) is 2. The van der Waals surface area contributed by atoms with Crippen LogP contribution in [0.4, 0.5) is 4.79 Å². The Morgan fingerprint density at radius 1 is 1.05 bits per heavy atom. The molecular weight excluding hydrogens is 556 g/mol. The van der Waals surface area contributed by atoms with E-state index in [2.05, 4.69) is 27.2 Å². The van der Waals surface area contributed by atoms with Crippen LogP contribution < -0.4 is 20.5 Å². The maximum Gasteiger partial charge on any atom is 0.407 e. The van der Waals surface area contributed by atoms with Gasteiger partial charge in [0.1, 0.15) is 18.6 Å². The van der Waals surface area contributed by atoms with Crippen LogP contribution in [0.15, 0.2) is 64.5 Å². The maximum atomic E-state index is 13.0. The predicted molar refractivity (Wildman–Crippen MR) is 161 cm³/mol. The van der Waals surface area contributed by atoms with Crippen LogP contribution in [-0.2, 0) is 19.6 Å². The van der Waals surface area contributed by atoms with Crippen LogP contribution in [0.25, 0.3) is 11.1 Å². The van der Waals surface area contributed by atoms with Crippen molar-refractivity contribution in [1.29, 1.82) is 0 Å². The van der Waals surface area contributed by atoms with Crippen LogP contribution in [0.5, 0.6) is 5.75 Å². The highest BCUT2D eigenvalue weighted by Crippen LogP contribution is 2.44. The van der Waals surface area contributed by atoms with Gasteiger partial charge in [0.05, 0.1) is 18.0 Å². The third-order valence-corrected chi connectivity index (χ3v) is 9.12. The molecule has 1 aliphatic carbocycles. The van der Waals surface area contributed by atoms with Crippen molar-refractivity contribution < 1.29 is 27.5 Å². The molecule has 3 aromatic rings. The van der Waals surface area contributed by atoms with Crippen molar-refractivity contribution in [3.05, 3.63) is 82.4 Å². The number of hydrogen-bond acceptors (Lipinski definition) is 7. The molecule has 1 unspecified atom stereocenters. The van der Waals surface area contributed by atoms with E-state index in [1.165, 1.54) is 7.11 Å². The number of aliphatic imine (C=N–C) groups is 1. The second-order valence-electron chi connectivity index (χ2n) is 10.2. The molecule has 3 aromatic carbocycles. The number of rotatable bonds is 11. The Bertz CT molecular complexity index is 1570. The molecular formula is C31H36N4O6S. The molecule has 4 rings (SSSR count). The van der Waals surface area contributed by atoms with Crippen LogP contribution >= 0.6 is 0 Å². The lowest BCUT2D eigenvalue weighted by molar-refractivity contribution is -0.109. The first-order chi connectivity index (χ1) is 20.1. The van der Waals surface area contributed by atoms with Gasteiger partial charge in [-0.2, -0.15) is 0 Å². The third-order valence-electron chi connectivity index (χ3n) is 7.47. The number of methoxy groups -OCH3 is 1. The minimum Gasteiger partial charge on any atom is -0.496 e. The summed E-state index contributed by atoms with van der Waals surface area (Å²) >= 11 is 0. The van der Waals surface area contributed by atoms with Gasteiger partial charge in [0.2, 0.25) is 5.96 Å². The highest BCUT2D eigenvalue weighted by atomic mass is 32.2. The molecule has 10 nitrogen and oxygen atoms in total. The second kappa shape index (κ2) is 13.1. The number of nitrogens with two attached hydrogens (primary N) is 1. The SMILES string of the molecule is COc1cc(C)c(S(=O)(=O)NC(N)=NCCCC(C=O)NC(=O)OCC2c3ccccc3-c3ccccc32)c(C)c1C. The lowest BCUT2D eigenvalue weighted by Crippen LogP contribution is -2.38. The Labute approximate surface area is 246 Å². The second-order valence-corrected chi connectivity index (χ2v) is 11.8. The summed E-state index contributed by atoms with van der Waals surface area (Å²) in [5.41, 5.74) is 12.1. The number of benzene rings is 3. The zero-order valence-electron chi connectivity index (χ0n) is 24.1.